The van der Waals surface area contributed by atoms with Crippen LogP contribution < -0.4 is 0 Å². The molecular weight excluding hydrogens is 282 g/mol. The number of carboxylic acids is 1. The topological polar surface area (TPSA) is 66.8 Å². The summed E-state index contributed by atoms with van der Waals surface area (Å²) in [5.74, 6) is -1.08. The molecule has 2 rings (SSSR count). The van der Waals surface area contributed by atoms with Crippen LogP contribution in [0.25, 0.3) is 0 Å². The Hall–Kier alpha value is -2.01. The molecule has 0 aromatic heterocycles. The number of rotatable bonds is 3. The highest BCUT2D eigenvalue weighted by Crippen LogP contribution is 2.29. The molecule has 1 aromatic rings. The monoisotopic (exact) mass is 295 g/mol. The predicted molar refractivity (Wildman–Crippen MR) is 73.7 cm³/mol. The molecule has 1 aromatic carbocycles. The fraction of sp³-hybridized carbons (Fsp3) is 0.286. The Labute approximate surface area is 121 Å². The van der Waals surface area contributed by atoms with E-state index >= 15 is 0 Å². The average molecular weight is 296 g/mol. The van der Waals surface area contributed by atoms with Gasteiger partial charge in [-0.2, -0.15) is 0 Å². The van der Waals surface area contributed by atoms with Gasteiger partial charge in [-0.05, 0) is 17.2 Å². The van der Waals surface area contributed by atoms with E-state index in [0.29, 0.717) is 5.02 Å². The first-order valence-corrected chi connectivity index (χ1v) is 6.45. The van der Waals surface area contributed by atoms with Crippen molar-refractivity contribution in [2.24, 2.45) is 0 Å². The normalized spacial score (nSPS) is 17.2. The number of carboxylic acid groups (broad SMARTS) is 1. The number of fused-ring (bicyclic) bond motifs is 1. The molecule has 6 heteroatoms. The van der Waals surface area contributed by atoms with E-state index in [0.717, 1.165) is 11.1 Å². The predicted octanol–water partition coefficient (Wildman–Crippen LogP) is 2.47. The summed E-state index contributed by atoms with van der Waals surface area (Å²) < 4.78 is 4.93. The maximum Gasteiger partial charge on any atom is 0.411 e. The van der Waals surface area contributed by atoms with Gasteiger partial charge in [-0.25, -0.2) is 9.59 Å². The molecule has 0 aliphatic carbocycles. The van der Waals surface area contributed by atoms with Gasteiger partial charge in [0.2, 0.25) is 0 Å². The molecule has 106 valence electrons. The van der Waals surface area contributed by atoms with E-state index in [9.17, 15) is 14.7 Å². The fourth-order valence-corrected chi connectivity index (χ4v) is 2.47. The Morgan fingerprint density at radius 1 is 1.55 bits per heavy atom. The van der Waals surface area contributed by atoms with Crippen LogP contribution in [-0.2, 0) is 22.5 Å². The van der Waals surface area contributed by atoms with Crippen molar-refractivity contribution in [3.63, 3.8) is 0 Å². The highest BCUT2D eigenvalue weighted by Gasteiger charge is 2.36. The number of halogens is 1. The molecule has 0 bridgehead atoms. The molecule has 1 aliphatic heterocycles. The van der Waals surface area contributed by atoms with Crippen molar-refractivity contribution < 1.29 is 19.4 Å². The van der Waals surface area contributed by atoms with Gasteiger partial charge in [0.1, 0.15) is 12.6 Å². The van der Waals surface area contributed by atoms with E-state index in [1.165, 1.54) is 11.0 Å². The molecule has 0 spiro atoms. The number of nitrogens with zero attached hydrogens (tertiary/aromatic N) is 1. The summed E-state index contributed by atoms with van der Waals surface area (Å²) in [4.78, 5) is 24.5. The fourth-order valence-electron chi connectivity index (χ4n) is 2.20. The Morgan fingerprint density at radius 2 is 2.30 bits per heavy atom. The van der Waals surface area contributed by atoms with Crippen LogP contribution in [0.3, 0.4) is 0 Å². The highest BCUT2D eigenvalue weighted by molar-refractivity contribution is 6.31. The first-order valence-electron chi connectivity index (χ1n) is 6.08. The Kier molecular flexibility index (Phi) is 4.29. The molecule has 0 fully saturated rings. The molecule has 0 unspecified atom stereocenters. The molecule has 1 aliphatic rings. The Bertz CT molecular complexity index is 558. The summed E-state index contributed by atoms with van der Waals surface area (Å²) in [6.07, 6.45) is 0.943. The summed E-state index contributed by atoms with van der Waals surface area (Å²) in [7, 11) is 0. The zero-order valence-corrected chi connectivity index (χ0v) is 11.5. The van der Waals surface area contributed by atoms with E-state index in [2.05, 4.69) is 6.58 Å². The van der Waals surface area contributed by atoms with Crippen molar-refractivity contribution in [3.8, 4) is 0 Å². The number of ether oxygens (including phenoxy) is 1. The molecule has 1 N–H and O–H groups in total. The van der Waals surface area contributed by atoms with Crippen LogP contribution >= 0.6 is 11.6 Å². The number of aliphatic carboxylic acids is 1. The van der Waals surface area contributed by atoms with E-state index in [1.807, 2.05) is 6.07 Å². The quantitative estimate of drug-likeness (QED) is 0.870. The third-order valence-corrected chi connectivity index (χ3v) is 3.53. The molecule has 20 heavy (non-hydrogen) atoms. The molecular formula is C14H14ClNO4. The lowest BCUT2D eigenvalue weighted by atomic mass is 9.94. The van der Waals surface area contributed by atoms with Gasteiger partial charge in [0.05, 0.1) is 6.54 Å². The van der Waals surface area contributed by atoms with Gasteiger partial charge in [0.25, 0.3) is 0 Å². The van der Waals surface area contributed by atoms with Crippen molar-refractivity contribution in [1.29, 1.82) is 0 Å². The summed E-state index contributed by atoms with van der Waals surface area (Å²) in [5.41, 5.74) is 1.61. The summed E-state index contributed by atoms with van der Waals surface area (Å²) >= 11 is 6.08. The number of benzene rings is 1. The third kappa shape index (κ3) is 2.77. The first kappa shape index (κ1) is 14.4. The van der Waals surface area contributed by atoms with Crippen molar-refractivity contribution in [3.05, 3.63) is 47.0 Å². The number of carbonyl (C=O) groups is 2. The van der Waals surface area contributed by atoms with Gasteiger partial charge < -0.3 is 9.84 Å². The van der Waals surface area contributed by atoms with Crippen LogP contribution in [0.15, 0.2) is 30.9 Å². The summed E-state index contributed by atoms with van der Waals surface area (Å²) in [6.45, 7) is 3.67. The number of hydrogen-bond acceptors (Lipinski definition) is 3. The van der Waals surface area contributed by atoms with Gasteiger partial charge >= 0.3 is 12.1 Å². The van der Waals surface area contributed by atoms with Gasteiger partial charge in [0.15, 0.2) is 0 Å². The molecule has 1 amide bonds. The molecule has 1 heterocycles. The lowest BCUT2D eigenvalue weighted by Gasteiger charge is -2.33. The maximum atomic E-state index is 11.9. The second-order valence-electron chi connectivity index (χ2n) is 4.43. The molecule has 1 atom stereocenters. The number of amides is 1. The SMILES string of the molecule is C=CCOC(=O)N1Cc2cccc(Cl)c2C[C@@H]1C(=O)O. The van der Waals surface area contributed by atoms with Crippen molar-refractivity contribution >= 4 is 23.7 Å². The maximum absolute atomic E-state index is 11.9. The second-order valence-corrected chi connectivity index (χ2v) is 4.84. The average Bonchev–Trinajstić information content (AvgIpc) is 2.43. The van der Waals surface area contributed by atoms with Gasteiger partial charge in [-0.3, -0.25) is 4.90 Å². The van der Waals surface area contributed by atoms with Crippen molar-refractivity contribution in [1.82, 2.24) is 4.90 Å². The van der Waals surface area contributed by atoms with Crippen LogP contribution in [0, 0.1) is 0 Å². The molecule has 0 saturated carbocycles. The minimum absolute atomic E-state index is 0.0457. The van der Waals surface area contributed by atoms with Crippen LogP contribution in [0.5, 0.6) is 0 Å². The minimum Gasteiger partial charge on any atom is -0.480 e. The first-order chi connectivity index (χ1) is 9.54. The standard InChI is InChI=1S/C14H14ClNO4/c1-2-6-20-14(19)16-8-9-4-3-5-11(15)10(9)7-12(16)13(17)18/h2-5,12H,1,6-8H2,(H,17,18)/t12-/m1/s1. The van der Waals surface area contributed by atoms with Crippen LogP contribution in [0.1, 0.15) is 11.1 Å². The van der Waals surface area contributed by atoms with Crippen LogP contribution in [0.4, 0.5) is 4.79 Å². The number of hydrogen-bond donors (Lipinski definition) is 1. The van der Waals surface area contributed by atoms with E-state index < -0.39 is 18.1 Å². The number of carbonyl (C=O) groups excluding carboxylic acids is 1. The van der Waals surface area contributed by atoms with Crippen LogP contribution in [0.2, 0.25) is 5.02 Å². The van der Waals surface area contributed by atoms with Crippen LogP contribution in [-0.4, -0.2) is 34.7 Å². The van der Waals surface area contributed by atoms with E-state index in [-0.39, 0.29) is 19.6 Å². The third-order valence-electron chi connectivity index (χ3n) is 3.17. The highest BCUT2D eigenvalue weighted by atomic mass is 35.5. The molecule has 0 radical (unpaired) electrons. The smallest absolute Gasteiger partial charge is 0.411 e. The molecule has 5 nitrogen and oxygen atoms in total. The summed E-state index contributed by atoms with van der Waals surface area (Å²) in [5, 5.41) is 9.81. The van der Waals surface area contributed by atoms with Crippen molar-refractivity contribution in [2.75, 3.05) is 6.61 Å². The second kappa shape index (κ2) is 5.96. The Balaban J connectivity index is 2.30. The lowest BCUT2D eigenvalue weighted by molar-refractivity contribution is -0.143. The van der Waals surface area contributed by atoms with E-state index in [4.69, 9.17) is 16.3 Å². The zero-order valence-electron chi connectivity index (χ0n) is 10.7. The van der Waals surface area contributed by atoms with Gasteiger partial charge in [0, 0.05) is 11.4 Å². The molecule has 0 saturated heterocycles. The van der Waals surface area contributed by atoms with Crippen molar-refractivity contribution in [2.45, 2.75) is 19.0 Å². The minimum atomic E-state index is -1.08. The lowest BCUT2D eigenvalue weighted by Crippen LogP contribution is -2.48. The van der Waals surface area contributed by atoms with Gasteiger partial charge in [-0.15, -0.1) is 0 Å². The summed E-state index contributed by atoms with van der Waals surface area (Å²) in [6, 6.07) is 4.34. The Morgan fingerprint density at radius 3 is 2.95 bits per heavy atom. The van der Waals surface area contributed by atoms with E-state index in [1.54, 1.807) is 12.1 Å². The zero-order chi connectivity index (χ0) is 14.7. The van der Waals surface area contributed by atoms with Gasteiger partial charge in [-0.1, -0.05) is 36.4 Å². The largest absolute Gasteiger partial charge is 0.480 e.